The average Bonchev–Trinajstić information content (AvgIpc) is 2.88. The van der Waals surface area contributed by atoms with Crippen LogP contribution in [0.3, 0.4) is 0 Å². The van der Waals surface area contributed by atoms with E-state index in [-0.39, 0.29) is 5.82 Å². The monoisotopic (exact) mass is 355 g/mol. The lowest BCUT2D eigenvalue weighted by molar-refractivity contribution is 0.233. The molecule has 1 aliphatic rings. The van der Waals surface area contributed by atoms with Crippen LogP contribution in [0, 0.1) is 5.82 Å². The fourth-order valence-electron chi connectivity index (χ4n) is 2.26. The highest BCUT2D eigenvalue weighted by Gasteiger charge is 2.14. The second-order valence-electron chi connectivity index (χ2n) is 4.78. The molecule has 1 fully saturated rings. The summed E-state index contributed by atoms with van der Waals surface area (Å²) in [5.74, 6) is -0.238. The molecule has 0 unspecified atom stereocenters. The number of nitrogens with zero attached hydrogens (tertiary/aromatic N) is 2. The Bertz CT molecular complexity index is 596. The van der Waals surface area contributed by atoms with Crippen molar-refractivity contribution in [1.82, 2.24) is 15.2 Å². The first-order valence-electron chi connectivity index (χ1n) is 6.55. The van der Waals surface area contributed by atoms with Gasteiger partial charge in [-0.15, -0.1) is 11.3 Å². The summed E-state index contributed by atoms with van der Waals surface area (Å²) in [6, 6.07) is 5.08. The minimum absolute atomic E-state index is 0.238. The molecule has 3 rings (SSSR count). The van der Waals surface area contributed by atoms with Crippen LogP contribution in [0.4, 0.5) is 4.39 Å². The Labute approximate surface area is 130 Å². The summed E-state index contributed by atoms with van der Waals surface area (Å²) in [4.78, 5) is 6.94. The number of rotatable bonds is 3. The van der Waals surface area contributed by atoms with E-state index < -0.39 is 0 Å². The van der Waals surface area contributed by atoms with E-state index in [1.807, 2.05) is 11.4 Å². The molecule has 1 saturated heterocycles. The first-order chi connectivity index (χ1) is 9.72. The van der Waals surface area contributed by atoms with E-state index in [9.17, 15) is 4.39 Å². The summed E-state index contributed by atoms with van der Waals surface area (Å²) in [5.41, 5.74) is 1.29. The van der Waals surface area contributed by atoms with Crippen LogP contribution in [0.5, 0.6) is 0 Å². The Morgan fingerprint density at radius 3 is 2.90 bits per heavy atom. The Kier molecular flexibility index (Phi) is 4.45. The van der Waals surface area contributed by atoms with Gasteiger partial charge in [-0.25, -0.2) is 9.37 Å². The third-order valence-corrected chi connectivity index (χ3v) is 4.65. The first kappa shape index (κ1) is 14.1. The van der Waals surface area contributed by atoms with E-state index in [0.29, 0.717) is 5.56 Å². The molecular formula is C14H15BrFN3S. The Morgan fingerprint density at radius 1 is 1.35 bits per heavy atom. The molecule has 2 heterocycles. The second-order valence-corrected chi connectivity index (χ2v) is 6.64. The molecule has 0 bridgehead atoms. The van der Waals surface area contributed by atoms with Crippen molar-refractivity contribution in [3.05, 3.63) is 38.9 Å². The second kappa shape index (κ2) is 6.30. The van der Waals surface area contributed by atoms with Crippen LogP contribution in [0.2, 0.25) is 0 Å². The van der Waals surface area contributed by atoms with E-state index in [1.54, 1.807) is 17.4 Å². The largest absolute Gasteiger partial charge is 0.314 e. The average molecular weight is 356 g/mol. The molecule has 0 amide bonds. The highest BCUT2D eigenvalue weighted by Crippen LogP contribution is 2.27. The molecule has 0 aliphatic carbocycles. The Hall–Kier alpha value is -0.820. The predicted molar refractivity (Wildman–Crippen MR) is 83.4 cm³/mol. The molecule has 1 aliphatic heterocycles. The zero-order chi connectivity index (χ0) is 13.9. The van der Waals surface area contributed by atoms with Gasteiger partial charge in [0.2, 0.25) is 0 Å². The molecule has 2 aromatic rings. The van der Waals surface area contributed by atoms with Crippen LogP contribution in [0.15, 0.2) is 28.1 Å². The van der Waals surface area contributed by atoms with Gasteiger partial charge in [0.25, 0.3) is 0 Å². The quantitative estimate of drug-likeness (QED) is 0.916. The van der Waals surface area contributed by atoms with Crippen LogP contribution in [0.1, 0.15) is 5.01 Å². The normalized spacial score (nSPS) is 16.5. The van der Waals surface area contributed by atoms with Crippen LogP contribution in [0.25, 0.3) is 11.3 Å². The third kappa shape index (κ3) is 3.25. The van der Waals surface area contributed by atoms with Gasteiger partial charge in [-0.1, -0.05) is 15.9 Å². The lowest BCUT2D eigenvalue weighted by Crippen LogP contribution is -2.42. The van der Waals surface area contributed by atoms with E-state index >= 15 is 0 Å². The number of hydrogen-bond donors (Lipinski definition) is 1. The number of thiazole rings is 1. The molecular weight excluding hydrogens is 341 g/mol. The van der Waals surface area contributed by atoms with Crippen molar-refractivity contribution >= 4 is 27.3 Å². The Balaban J connectivity index is 1.75. The molecule has 1 aromatic heterocycles. The van der Waals surface area contributed by atoms with Gasteiger partial charge in [-0.3, -0.25) is 4.90 Å². The fraction of sp³-hybridized carbons (Fsp3) is 0.357. The maximum atomic E-state index is 13.9. The number of halogens is 2. The SMILES string of the molecule is Fc1cc(Br)ccc1-c1csc(CN2CCNCC2)n1. The summed E-state index contributed by atoms with van der Waals surface area (Å²) in [6.07, 6.45) is 0. The molecule has 20 heavy (non-hydrogen) atoms. The molecule has 3 nitrogen and oxygen atoms in total. The van der Waals surface area contributed by atoms with E-state index in [0.717, 1.165) is 47.9 Å². The number of aromatic nitrogens is 1. The highest BCUT2D eigenvalue weighted by atomic mass is 79.9. The first-order valence-corrected chi connectivity index (χ1v) is 8.22. The lowest BCUT2D eigenvalue weighted by Gasteiger charge is -2.26. The third-order valence-electron chi connectivity index (χ3n) is 3.33. The standard InChI is InChI=1S/C14H15BrFN3S/c15-10-1-2-11(12(16)7-10)13-9-20-14(18-13)8-19-5-3-17-4-6-19/h1-2,7,9,17H,3-6,8H2. The minimum atomic E-state index is -0.238. The van der Waals surface area contributed by atoms with Gasteiger partial charge in [0, 0.05) is 41.6 Å². The topological polar surface area (TPSA) is 28.2 Å². The molecule has 0 atom stereocenters. The van der Waals surface area contributed by atoms with Crippen molar-refractivity contribution in [3.8, 4) is 11.3 Å². The highest BCUT2D eigenvalue weighted by molar-refractivity contribution is 9.10. The van der Waals surface area contributed by atoms with Crippen LogP contribution in [-0.4, -0.2) is 36.1 Å². The molecule has 6 heteroatoms. The molecule has 106 valence electrons. The summed E-state index contributed by atoms with van der Waals surface area (Å²) in [7, 11) is 0. The summed E-state index contributed by atoms with van der Waals surface area (Å²) >= 11 is 4.87. The van der Waals surface area contributed by atoms with Crippen molar-refractivity contribution in [3.63, 3.8) is 0 Å². The molecule has 0 radical (unpaired) electrons. The van der Waals surface area contributed by atoms with E-state index in [2.05, 4.69) is 31.1 Å². The minimum Gasteiger partial charge on any atom is -0.314 e. The maximum Gasteiger partial charge on any atom is 0.133 e. The van der Waals surface area contributed by atoms with Gasteiger partial charge in [0.1, 0.15) is 10.8 Å². The number of piperazine rings is 1. The summed E-state index contributed by atoms with van der Waals surface area (Å²) < 4.78 is 14.7. The maximum absolute atomic E-state index is 13.9. The smallest absolute Gasteiger partial charge is 0.133 e. The number of hydrogen-bond acceptors (Lipinski definition) is 4. The number of benzene rings is 1. The van der Waals surface area contributed by atoms with E-state index in [4.69, 9.17) is 0 Å². The molecule has 1 N–H and O–H groups in total. The van der Waals surface area contributed by atoms with Crippen molar-refractivity contribution < 1.29 is 4.39 Å². The molecule has 0 saturated carbocycles. The van der Waals surface area contributed by atoms with Gasteiger partial charge in [-0.2, -0.15) is 0 Å². The summed E-state index contributed by atoms with van der Waals surface area (Å²) in [6.45, 7) is 4.99. The van der Waals surface area contributed by atoms with Crippen LogP contribution >= 0.6 is 27.3 Å². The van der Waals surface area contributed by atoms with Crippen molar-refractivity contribution in [1.29, 1.82) is 0 Å². The van der Waals surface area contributed by atoms with Gasteiger partial charge < -0.3 is 5.32 Å². The molecule has 0 spiro atoms. The zero-order valence-corrected chi connectivity index (χ0v) is 13.3. The van der Waals surface area contributed by atoms with Crippen molar-refractivity contribution in [2.75, 3.05) is 26.2 Å². The van der Waals surface area contributed by atoms with E-state index in [1.165, 1.54) is 6.07 Å². The summed E-state index contributed by atoms with van der Waals surface area (Å²) in [5, 5.41) is 6.31. The van der Waals surface area contributed by atoms with Crippen LogP contribution in [-0.2, 0) is 6.54 Å². The van der Waals surface area contributed by atoms with Gasteiger partial charge in [0.05, 0.1) is 12.2 Å². The van der Waals surface area contributed by atoms with Gasteiger partial charge >= 0.3 is 0 Å². The lowest BCUT2D eigenvalue weighted by atomic mass is 10.1. The van der Waals surface area contributed by atoms with Crippen molar-refractivity contribution in [2.45, 2.75) is 6.54 Å². The van der Waals surface area contributed by atoms with Crippen molar-refractivity contribution in [2.24, 2.45) is 0 Å². The Morgan fingerprint density at radius 2 is 2.15 bits per heavy atom. The van der Waals surface area contributed by atoms with Crippen LogP contribution < -0.4 is 5.32 Å². The van der Waals surface area contributed by atoms with Gasteiger partial charge in [-0.05, 0) is 18.2 Å². The molecule has 1 aromatic carbocycles. The predicted octanol–water partition coefficient (Wildman–Crippen LogP) is 3.12. The zero-order valence-electron chi connectivity index (χ0n) is 10.9. The van der Waals surface area contributed by atoms with Gasteiger partial charge in [0.15, 0.2) is 0 Å². The number of nitrogens with one attached hydrogen (secondary N) is 1. The fourth-order valence-corrected chi connectivity index (χ4v) is 3.43.